The molecule has 1 aromatic heterocycles. The molecule has 1 amide bonds. The van der Waals surface area contributed by atoms with Gasteiger partial charge in [0.1, 0.15) is 6.04 Å². The molecule has 1 atom stereocenters. The molecule has 3 aromatic carbocycles. The molecule has 4 aromatic rings. The van der Waals surface area contributed by atoms with E-state index in [4.69, 9.17) is 0 Å². The molecule has 0 bridgehead atoms. The molecule has 1 aliphatic rings. The maximum absolute atomic E-state index is 12.7. The van der Waals surface area contributed by atoms with Crippen LogP contribution < -0.4 is 5.32 Å². The van der Waals surface area contributed by atoms with Gasteiger partial charge in [-0.3, -0.25) is 4.79 Å². The lowest BCUT2D eigenvalue weighted by Gasteiger charge is -2.28. The fourth-order valence-electron chi connectivity index (χ4n) is 6.06. The lowest BCUT2D eigenvalue weighted by molar-refractivity contribution is -0.139. The van der Waals surface area contributed by atoms with Crippen LogP contribution in [0.1, 0.15) is 85.3 Å². The Morgan fingerprint density at radius 2 is 1.40 bits per heavy atom. The number of nitrogens with zero attached hydrogens (tertiary/aromatic N) is 2. The standard InChI is InChI=1S/C37H41N3O3/c1-3-5-26-8-16-32(17-9-26)36(41)40-34(37(42)43)22-27-10-14-31(15-11-27)35-38-23-33(24-39-35)30-20-18-29(19-21-30)28-12-6-25(4-2)7-13-28/h8-11,14-21,23-25,28,34H,3-7,12-13,22H2,1-2H3,(H,40,41)(H,42,43)/t25?,28?,34-/m0/s1. The second-order valence-corrected chi connectivity index (χ2v) is 11.8. The summed E-state index contributed by atoms with van der Waals surface area (Å²) in [6.07, 6.45) is 12.4. The molecule has 6 nitrogen and oxygen atoms in total. The van der Waals surface area contributed by atoms with Gasteiger partial charge in [0, 0.05) is 35.5 Å². The van der Waals surface area contributed by atoms with Crippen molar-refractivity contribution in [1.29, 1.82) is 0 Å². The van der Waals surface area contributed by atoms with E-state index >= 15 is 0 Å². The second-order valence-electron chi connectivity index (χ2n) is 11.8. The van der Waals surface area contributed by atoms with Crippen molar-refractivity contribution in [3.8, 4) is 22.5 Å². The molecular formula is C37H41N3O3. The van der Waals surface area contributed by atoms with E-state index in [1.165, 1.54) is 37.7 Å². The van der Waals surface area contributed by atoms with Crippen molar-refractivity contribution >= 4 is 11.9 Å². The molecule has 5 rings (SSSR count). The highest BCUT2D eigenvalue weighted by molar-refractivity contribution is 5.96. The average molecular weight is 576 g/mol. The van der Waals surface area contributed by atoms with Gasteiger partial charge in [0.2, 0.25) is 0 Å². The summed E-state index contributed by atoms with van der Waals surface area (Å²) in [6, 6.07) is 22.6. The predicted molar refractivity (Wildman–Crippen MR) is 171 cm³/mol. The molecule has 1 fully saturated rings. The highest BCUT2D eigenvalue weighted by Crippen LogP contribution is 2.37. The summed E-state index contributed by atoms with van der Waals surface area (Å²) in [7, 11) is 0. The molecule has 43 heavy (non-hydrogen) atoms. The fourth-order valence-corrected chi connectivity index (χ4v) is 6.06. The molecule has 6 heteroatoms. The number of amides is 1. The smallest absolute Gasteiger partial charge is 0.326 e. The van der Waals surface area contributed by atoms with Crippen molar-refractivity contribution in [3.63, 3.8) is 0 Å². The number of aryl methyl sites for hydroxylation is 1. The monoisotopic (exact) mass is 575 g/mol. The number of carbonyl (C=O) groups excluding carboxylic acids is 1. The van der Waals surface area contributed by atoms with Gasteiger partial charge in [-0.1, -0.05) is 87.4 Å². The van der Waals surface area contributed by atoms with Gasteiger partial charge >= 0.3 is 5.97 Å². The van der Waals surface area contributed by atoms with Gasteiger partial charge < -0.3 is 10.4 Å². The molecule has 0 radical (unpaired) electrons. The summed E-state index contributed by atoms with van der Waals surface area (Å²) in [5.41, 5.74) is 6.76. The number of carbonyl (C=O) groups is 2. The molecule has 0 saturated heterocycles. The van der Waals surface area contributed by atoms with E-state index in [1.54, 1.807) is 12.1 Å². The van der Waals surface area contributed by atoms with Crippen molar-refractivity contribution in [3.05, 3.63) is 107 Å². The first-order valence-electron chi connectivity index (χ1n) is 15.6. The van der Waals surface area contributed by atoms with Crippen molar-refractivity contribution in [2.45, 2.75) is 77.2 Å². The number of carboxylic acid groups (broad SMARTS) is 1. The number of rotatable bonds is 11. The van der Waals surface area contributed by atoms with Crippen molar-refractivity contribution in [2.75, 3.05) is 0 Å². The fraction of sp³-hybridized carbons (Fsp3) is 0.351. The Kier molecular flexibility index (Phi) is 9.98. The Hall–Kier alpha value is -4.32. The maximum Gasteiger partial charge on any atom is 0.326 e. The number of benzene rings is 3. The van der Waals surface area contributed by atoms with E-state index in [9.17, 15) is 14.7 Å². The van der Waals surface area contributed by atoms with E-state index in [0.29, 0.717) is 17.3 Å². The normalized spacial score (nSPS) is 17.3. The third-order valence-corrected chi connectivity index (χ3v) is 8.80. The van der Waals surface area contributed by atoms with Crippen LogP contribution >= 0.6 is 0 Å². The molecule has 1 heterocycles. The number of hydrogen-bond donors (Lipinski definition) is 2. The highest BCUT2D eigenvalue weighted by atomic mass is 16.4. The van der Waals surface area contributed by atoms with Crippen LogP contribution in [0.4, 0.5) is 0 Å². The van der Waals surface area contributed by atoms with Crippen LogP contribution in [0.15, 0.2) is 85.2 Å². The average Bonchev–Trinajstić information content (AvgIpc) is 3.05. The van der Waals surface area contributed by atoms with Gasteiger partial charge in [0.25, 0.3) is 5.91 Å². The van der Waals surface area contributed by atoms with Gasteiger partial charge in [-0.25, -0.2) is 14.8 Å². The molecule has 0 unspecified atom stereocenters. The van der Waals surface area contributed by atoms with Crippen LogP contribution in [-0.2, 0) is 17.6 Å². The number of nitrogens with one attached hydrogen (secondary N) is 1. The third-order valence-electron chi connectivity index (χ3n) is 8.80. The lowest BCUT2D eigenvalue weighted by atomic mass is 9.78. The van der Waals surface area contributed by atoms with Crippen molar-refractivity contribution in [2.24, 2.45) is 5.92 Å². The predicted octanol–water partition coefficient (Wildman–Crippen LogP) is 7.87. The van der Waals surface area contributed by atoms with Crippen LogP contribution in [0.3, 0.4) is 0 Å². The maximum atomic E-state index is 12.7. The van der Waals surface area contributed by atoms with Crippen molar-refractivity contribution in [1.82, 2.24) is 15.3 Å². The van der Waals surface area contributed by atoms with Gasteiger partial charge in [-0.2, -0.15) is 0 Å². The topological polar surface area (TPSA) is 92.2 Å². The summed E-state index contributed by atoms with van der Waals surface area (Å²) in [6.45, 7) is 4.41. The zero-order valence-corrected chi connectivity index (χ0v) is 25.1. The third kappa shape index (κ3) is 7.75. The summed E-state index contributed by atoms with van der Waals surface area (Å²) in [5.74, 6) is 0.707. The van der Waals surface area contributed by atoms with Crippen LogP contribution in [-0.4, -0.2) is 33.0 Å². The second kappa shape index (κ2) is 14.2. The Bertz CT molecular complexity index is 1490. The Morgan fingerprint density at radius 1 is 0.791 bits per heavy atom. The zero-order chi connectivity index (χ0) is 30.2. The lowest BCUT2D eigenvalue weighted by Crippen LogP contribution is -2.42. The Labute approximate surface area is 254 Å². The first kappa shape index (κ1) is 30.1. The summed E-state index contributed by atoms with van der Waals surface area (Å²) < 4.78 is 0. The first-order chi connectivity index (χ1) is 20.9. The zero-order valence-electron chi connectivity index (χ0n) is 25.1. The summed E-state index contributed by atoms with van der Waals surface area (Å²) in [5, 5.41) is 12.4. The van der Waals surface area contributed by atoms with E-state index < -0.39 is 17.9 Å². The summed E-state index contributed by atoms with van der Waals surface area (Å²) >= 11 is 0. The number of aromatic nitrogens is 2. The Balaban J connectivity index is 1.19. The van der Waals surface area contributed by atoms with E-state index in [-0.39, 0.29) is 6.42 Å². The van der Waals surface area contributed by atoms with Gasteiger partial charge in [0.05, 0.1) is 0 Å². The molecule has 1 aliphatic carbocycles. The van der Waals surface area contributed by atoms with E-state index in [2.05, 4.69) is 53.4 Å². The molecular weight excluding hydrogens is 534 g/mol. The largest absolute Gasteiger partial charge is 0.480 e. The molecule has 2 N–H and O–H groups in total. The number of hydrogen-bond acceptors (Lipinski definition) is 4. The molecule has 0 aliphatic heterocycles. The van der Waals surface area contributed by atoms with Crippen molar-refractivity contribution < 1.29 is 14.7 Å². The minimum absolute atomic E-state index is 0.172. The minimum Gasteiger partial charge on any atom is -0.480 e. The molecule has 0 spiro atoms. The molecule has 1 saturated carbocycles. The number of carboxylic acids is 1. The minimum atomic E-state index is -1.07. The van der Waals surface area contributed by atoms with Crippen LogP contribution in [0.25, 0.3) is 22.5 Å². The number of aliphatic carboxylic acids is 1. The van der Waals surface area contributed by atoms with Crippen LogP contribution in [0.5, 0.6) is 0 Å². The van der Waals surface area contributed by atoms with Gasteiger partial charge in [-0.05, 0) is 78.3 Å². The molecule has 222 valence electrons. The quantitative estimate of drug-likeness (QED) is 0.190. The van der Waals surface area contributed by atoms with E-state index in [0.717, 1.165) is 46.6 Å². The van der Waals surface area contributed by atoms with Crippen LogP contribution in [0.2, 0.25) is 0 Å². The van der Waals surface area contributed by atoms with Gasteiger partial charge in [-0.15, -0.1) is 0 Å². The SMILES string of the molecule is CCCc1ccc(C(=O)N[C@@H](Cc2ccc(-c3ncc(-c4ccc(C5CCC(CC)CC5)cc4)cn3)cc2)C(=O)O)cc1. The highest BCUT2D eigenvalue weighted by Gasteiger charge is 2.22. The van der Waals surface area contributed by atoms with Crippen LogP contribution in [0, 0.1) is 5.92 Å². The first-order valence-corrected chi connectivity index (χ1v) is 15.6. The summed E-state index contributed by atoms with van der Waals surface area (Å²) in [4.78, 5) is 33.8. The van der Waals surface area contributed by atoms with Gasteiger partial charge in [0.15, 0.2) is 5.82 Å². The Morgan fingerprint density at radius 3 is 1.98 bits per heavy atom. The van der Waals surface area contributed by atoms with E-state index in [1.807, 2.05) is 48.8 Å².